The molecule has 0 unspecified atom stereocenters. The Morgan fingerprint density at radius 2 is 1.87 bits per heavy atom. The summed E-state index contributed by atoms with van der Waals surface area (Å²) in [4.78, 5) is 24.8. The molecule has 1 aliphatic carbocycles. The van der Waals surface area contributed by atoms with E-state index in [0.29, 0.717) is 0 Å². The normalized spacial score (nSPS) is 22.6. The molecule has 1 heterocycles. The van der Waals surface area contributed by atoms with Crippen molar-refractivity contribution in [3.8, 4) is 0 Å². The first-order valence-electron chi connectivity index (χ1n) is 5.47. The Labute approximate surface area is 89.0 Å². The second kappa shape index (κ2) is 3.81. The number of likely N-dealkylation sites (tertiary alicyclic amines) is 1. The van der Waals surface area contributed by atoms with Gasteiger partial charge in [-0.3, -0.25) is 9.59 Å². The van der Waals surface area contributed by atoms with Crippen LogP contribution >= 0.6 is 0 Å². The number of hydrogen-bond acceptors (Lipinski definition) is 3. The summed E-state index contributed by atoms with van der Waals surface area (Å²) in [5.41, 5.74) is 5.02. The molecule has 2 aliphatic rings. The van der Waals surface area contributed by atoms with Crippen molar-refractivity contribution in [2.45, 2.75) is 31.2 Å². The van der Waals surface area contributed by atoms with Gasteiger partial charge in [-0.15, -0.1) is 0 Å². The van der Waals surface area contributed by atoms with Crippen molar-refractivity contribution in [2.24, 2.45) is 5.73 Å². The third-order valence-electron chi connectivity index (χ3n) is 3.10. The molecular formula is C10H17N3O2. The van der Waals surface area contributed by atoms with Gasteiger partial charge in [-0.25, -0.2) is 0 Å². The predicted octanol–water partition coefficient (Wildman–Crippen LogP) is -0.784. The first-order chi connectivity index (χ1) is 7.12. The van der Waals surface area contributed by atoms with E-state index in [2.05, 4.69) is 5.32 Å². The van der Waals surface area contributed by atoms with E-state index < -0.39 is 5.54 Å². The summed E-state index contributed by atoms with van der Waals surface area (Å²) >= 11 is 0. The molecule has 3 N–H and O–H groups in total. The molecule has 2 fully saturated rings. The Hall–Kier alpha value is -1.10. The quantitative estimate of drug-likeness (QED) is 0.643. The highest BCUT2D eigenvalue weighted by Crippen LogP contribution is 2.31. The second-order valence-corrected chi connectivity index (χ2v) is 4.43. The fraction of sp³-hybridized carbons (Fsp3) is 0.800. The average molecular weight is 211 g/mol. The van der Waals surface area contributed by atoms with Gasteiger partial charge < -0.3 is 16.0 Å². The number of nitrogens with two attached hydrogens (primary N) is 1. The van der Waals surface area contributed by atoms with E-state index in [1.165, 1.54) is 0 Å². The van der Waals surface area contributed by atoms with Crippen molar-refractivity contribution in [1.29, 1.82) is 0 Å². The van der Waals surface area contributed by atoms with Gasteiger partial charge in [0.25, 0.3) is 0 Å². The van der Waals surface area contributed by atoms with E-state index in [1.807, 2.05) is 0 Å². The lowest BCUT2D eigenvalue weighted by Crippen LogP contribution is -2.46. The molecule has 84 valence electrons. The van der Waals surface area contributed by atoms with Crippen molar-refractivity contribution in [1.82, 2.24) is 10.2 Å². The van der Waals surface area contributed by atoms with Crippen LogP contribution in [0.2, 0.25) is 0 Å². The molecule has 1 saturated heterocycles. The number of nitrogens with one attached hydrogen (secondary N) is 1. The largest absolute Gasteiger partial charge is 0.345 e. The van der Waals surface area contributed by atoms with Crippen LogP contribution in [0.4, 0.5) is 0 Å². The Morgan fingerprint density at radius 3 is 2.40 bits per heavy atom. The highest BCUT2D eigenvalue weighted by atomic mass is 16.2. The van der Waals surface area contributed by atoms with Crippen molar-refractivity contribution >= 4 is 11.8 Å². The number of rotatable bonds is 3. The highest BCUT2D eigenvalue weighted by molar-refractivity contribution is 5.92. The van der Waals surface area contributed by atoms with E-state index in [0.717, 1.165) is 38.8 Å². The van der Waals surface area contributed by atoms with Gasteiger partial charge in [-0.2, -0.15) is 0 Å². The Balaban J connectivity index is 1.73. The number of nitrogens with zero attached hydrogens (tertiary/aromatic N) is 1. The summed E-state index contributed by atoms with van der Waals surface area (Å²) < 4.78 is 0. The minimum absolute atomic E-state index is 0.00472. The molecular weight excluding hydrogens is 194 g/mol. The summed E-state index contributed by atoms with van der Waals surface area (Å²) in [5.74, 6) is -0.180. The monoisotopic (exact) mass is 211 g/mol. The molecule has 5 nitrogen and oxygen atoms in total. The summed E-state index contributed by atoms with van der Waals surface area (Å²) in [6, 6.07) is 0. The van der Waals surface area contributed by atoms with Gasteiger partial charge in [0.2, 0.25) is 11.8 Å². The summed E-state index contributed by atoms with van der Waals surface area (Å²) in [6.45, 7) is 1.74. The molecule has 15 heavy (non-hydrogen) atoms. The van der Waals surface area contributed by atoms with Gasteiger partial charge in [0, 0.05) is 13.1 Å². The van der Waals surface area contributed by atoms with Gasteiger partial charge in [0.15, 0.2) is 0 Å². The average Bonchev–Trinajstić information content (AvgIpc) is 2.79. The molecule has 0 spiro atoms. The van der Waals surface area contributed by atoms with Crippen molar-refractivity contribution < 1.29 is 9.59 Å². The van der Waals surface area contributed by atoms with Gasteiger partial charge in [-0.05, 0) is 25.7 Å². The van der Waals surface area contributed by atoms with Crippen LogP contribution in [0.1, 0.15) is 25.7 Å². The summed E-state index contributed by atoms with van der Waals surface area (Å²) in [6.07, 6.45) is 3.61. The van der Waals surface area contributed by atoms with Crippen molar-refractivity contribution in [3.05, 3.63) is 0 Å². The van der Waals surface area contributed by atoms with E-state index in [4.69, 9.17) is 5.73 Å². The number of amides is 2. The number of carbonyl (C=O) groups excluding carboxylic acids is 2. The first kappa shape index (κ1) is 10.4. The molecule has 0 atom stereocenters. The van der Waals surface area contributed by atoms with Gasteiger partial charge in [0.05, 0.1) is 12.1 Å². The smallest absolute Gasteiger partial charge is 0.241 e. The lowest BCUT2D eigenvalue weighted by atomic mass is 10.3. The minimum Gasteiger partial charge on any atom is -0.345 e. The molecule has 0 aromatic heterocycles. The molecule has 2 rings (SSSR count). The number of hydrogen-bond donors (Lipinski definition) is 2. The highest BCUT2D eigenvalue weighted by Gasteiger charge is 2.45. The van der Waals surface area contributed by atoms with E-state index in [-0.39, 0.29) is 18.4 Å². The van der Waals surface area contributed by atoms with Crippen molar-refractivity contribution in [2.75, 3.05) is 19.6 Å². The molecule has 5 heteroatoms. The standard InChI is InChI=1S/C10H17N3O2/c11-10(3-4-10)9(15)12-7-8(14)13-5-1-2-6-13/h1-7,11H2,(H,12,15). The number of carbonyl (C=O) groups is 2. The molecule has 0 bridgehead atoms. The molecule has 0 aromatic carbocycles. The SMILES string of the molecule is NC1(C(=O)NCC(=O)N2CCCC2)CC1. The fourth-order valence-corrected chi connectivity index (χ4v) is 1.77. The van der Waals surface area contributed by atoms with Crippen LogP contribution in [0, 0.1) is 0 Å². The maximum atomic E-state index is 11.6. The lowest BCUT2D eigenvalue weighted by Gasteiger charge is -2.16. The summed E-state index contributed by atoms with van der Waals surface area (Å²) in [7, 11) is 0. The van der Waals surface area contributed by atoms with E-state index in [1.54, 1.807) is 4.90 Å². The van der Waals surface area contributed by atoms with Crippen LogP contribution in [0.25, 0.3) is 0 Å². The third-order valence-corrected chi connectivity index (χ3v) is 3.10. The molecule has 1 aliphatic heterocycles. The third kappa shape index (κ3) is 2.28. The van der Waals surface area contributed by atoms with Crippen molar-refractivity contribution in [3.63, 3.8) is 0 Å². The zero-order chi connectivity index (χ0) is 10.9. The van der Waals surface area contributed by atoms with E-state index in [9.17, 15) is 9.59 Å². The molecule has 1 saturated carbocycles. The Morgan fingerprint density at radius 1 is 1.27 bits per heavy atom. The zero-order valence-corrected chi connectivity index (χ0v) is 8.79. The minimum atomic E-state index is -0.675. The van der Waals surface area contributed by atoms with Gasteiger partial charge in [-0.1, -0.05) is 0 Å². The maximum absolute atomic E-state index is 11.6. The topological polar surface area (TPSA) is 75.4 Å². The molecule has 0 radical (unpaired) electrons. The maximum Gasteiger partial charge on any atom is 0.241 e. The van der Waals surface area contributed by atoms with Crippen LogP contribution in [-0.2, 0) is 9.59 Å². The van der Waals surface area contributed by atoms with Crippen LogP contribution in [0.15, 0.2) is 0 Å². The predicted molar refractivity (Wildman–Crippen MR) is 55.0 cm³/mol. The van der Waals surface area contributed by atoms with E-state index >= 15 is 0 Å². The lowest BCUT2D eigenvalue weighted by molar-refractivity contribution is -0.132. The van der Waals surface area contributed by atoms with Crippen LogP contribution in [0.5, 0.6) is 0 Å². The van der Waals surface area contributed by atoms with Gasteiger partial charge in [0.1, 0.15) is 0 Å². The van der Waals surface area contributed by atoms with Gasteiger partial charge >= 0.3 is 0 Å². The fourth-order valence-electron chi connectivity index (χ4n) is 1.77. The summed E-state index contributed by atoms with van der Waals surface area (Å²) in [5, 5.41) is 2.61. The first-order valence-corrected chi connectivity index (χ1v) is 5.47. The zero-order valence-electron chi connectivity index (χ0n) is 8.79. The van der Waals surface area contributed by atoms with Crippen LogP contribution in [-0.4, -0.2) is 41.9 Å². The van der Waals surface area contributed by atoms with Crippen LogP contribution < -0.4 is 11.1 Å². The second-order valence-electron chi connectivity index (χ2n) is 4.43. The molecule has 2 amide bonds. The van der Waals surface area contributed by atoms with Crippen LogP contribution in [0.3, 0.4) is 0 Å². The molecule has 0 aromatic rings. The Bertz CT molecular complexity index is 280. The Kier molecular flexibility index (Phi) is 2.65.